The third-order valence-electron chi connectivity index (χ3n) is 4.72. The number of anilines is 1. The van der Waals surface area contributed by atoms with Gasteiger partial charge in [0.05, 0.1) is 0 Å². The third-order valence-corrected chi connectivity index (χ3v) is 4.72. The fourth-order valence-corrected chi connectivity index (χ4v) is 3.55. The first kappa shape index (κ1) is 13.0. The zero-order valence-electron chi connectivity index (χ0n) is 11.8. The standard InChI is InChI=1S/C17H26N2/c1-2-4-8-15(7-3-1)19-13-14-11-12-18-17-10-6-5-9-16(14)17/h5-6,9-10,14-15,18-19H,1-4,7-8,11-13H2. The van der Waals surface area contributed by atoms with E-state index in [1.807, 2.05) is 0 Å². The van der Waals surface area contributed by atoms with Crippen molar-refractivity contribution in [1.29, 1.82) is 0 Å². The molecule has 1 heterocycles. The van der Waals surface area contributed by atoms with Gasteiger partial charge in [-0.2, -0.15) is 0 Å². The van der Waals surface area contributed by atoms with Crippen LogP contribution in [0, 0.1) is 0 Å². The van der Waals surface area contributed by atoms with Gasteiger partial charge in [-0.15, -0.1) is 0 Å². The molecule has 3 rings (SSSR count). The van der Waals surface area contributed by atoms with Crippen LogP contribution in [-0.4, -0.2) is 19.1 Å². The molecule has 0 amide bonds. The van der Waals surface area contributed by atoms with Crippen molar-refractivity contribution < 1.29 is 0 Å². The molecule has 1 unspecified atom stereocenters. The largest absolute Gasteiger partial charge is 0.385 e. The lowest BCUT2D eigenvalue weighted by atomic mass is 9.90. The van der Waals surface area contributed by atoms with Gasteiger partial charge in [-0.05, 0) is 30.9 Å². The molecule has 1 fully saturated rings. The van der Waals surface area contributed by atoms with Gasteiger partial charge in [0.15, 0.2) is 0 Å². The van der Waals surface area contributed by atoms with Crippen molar-refractivity contribution >= 4 is 5.69 Å². The molecule has 1 aliphatic carbocycles. The van der Waals surface area contributed by atoms with Crippen LogP contribution in [0.5, 0.6) is 0 Å². The summed E-state index contributed by atoms with van der Waals surface area (Å²) in [6, 6.07) is 9.58. The predicted molar refractivity (Wildman–Crippen MR) is 81.8 cm³/mol. The molecular formula is C17H26N2. The lowest BCUT2D eigenvalue weighted by Crippen LogP contribution is -2.34. The van der Waals surface area contributed by atoms with Crippen molar-refractivity contribution in [3.63, 3.8) is 0 Å². The van der Waals surface area contributed by atoms with E-state index in [-0.39, 0.29) is 0 Å². The van der Waals surface area contributed by atoms with E-state index in [0.717, 1.165) is 19.1 Å². The summed E-state index contributed by atoms with van der Waals surface area (Å²) in [5.41, 5.74) is 2.86. The summed E-state index contributed by atoms with van der Waals surface area (Å²) in [7, 11) is 0. The monoisotopic (exact) mass is 258 g/mol. The minimum atomic E-state index is 0.695. The molecular weight excluding hydrogens is 232 g/mol. The van der Waals surface area contributed by atoms with Crippen molar-refractivity contribution in [1.82, 2.24) is 5.32 Å². The number of benzene rings is 1. The maximum absolute atomic E-state index is 3.84. The van der Waals surface area contributed by atoms with E-state index in [9.17, 15) is 0 Å². The number of fused-ring (bicyclic) bond motifs is 1. The van der Waals surface area contributed by atoms with Gasteiger partial charge in [-0.3, -0.25) is 0 Å². The van der Waals surface area contributed by atoms with Gasteiger partial charge in [0.1, 0.15) is 0 Å². The van der Waals surface area contributed by atoms with Crippen molar-refractivity contribution in [3.8, 4) is 0 Å². The highest BCUT2D eigenvalue weighted by atomic mass is 14.9. The topological polar surface area (TPSA) is 24.1 Å². The second-order valence-electron chi connectivity index (χ2n) is 6.10. The first-order valence-corrected chi connectivity index (χ1v) is 7.99. The smallest absolute Gasteiger partial charge is 0.0376 e. The Morgan fingerprint density at radius 3 is 2.63 bits per heavy atom. The molecule has 0 bridgehead atoms. The summed E-state index contributed by atoms with van der Waals surface area (Å²) in [5.74, 6) is 0.695. The minimum absolute atomic E-state index is 0.695. The second kappa shape index (κ2) is 6.42. The maximum atomic E-state index is 3.84. The number of hydrogen-bond acceptors (Lipinski definition) is 2. The van der Waals surface area contributed by atoms with E-state index in [1.54, 1.807) is 0 Å². The fourth-order valence-electron chi connectivity index (χ4n) is 3.55. The van der Waals surface area contributed by atoms with Gasteiger partial charge in [0.25, 0.3) is 0 Å². The highest BCUT2D eigenvalue weighted by molar-refractivity contribution is 5.54. The van der Waals surface area contributed by atoms with Crippen LogP contribution in [0.3, 0.4) is 0 Å². The van der Waals surface area contributed by atoms with Gasteiger partial charge in [-0.1, -0.05) is 43.9 Å². The minimum Gasteiger partial charge on any atom is -0.385 e. The Morgan fingerprint density at radius 2 is 1.79 bits per heavy atom. The highest BCUT2D eigenvalue weighted by Gasteiger charge is 2.20. The molecule has 1 atom stereocenters. The SMILES string of the molecule is c1ccc2c(c1)NCCC2CNC1CCCCCC1. The van der Waals surface area contributed by atoms with E-state index < -0.39 is 0 Å². The normalized spacial score (nSPS) is 24.3. The Kier molecular flexibility index (Phi) is 4.39. The van der Waals surface area contributed by atoms with Crippen LogP contribution in [0.15, 0.2) is 24.3 Å². The van der Waals surface area contributed by atoms with Gasteiger partial charge in [0, 0.05) is 30.7 Å². The maximum Gasteiger partial charge on any atom is 0.0376 e. The van der Waals surface area contributed by atoms with Crippen LogP contribution >= 0.6 is 0 Å². The van der Waals surface area contributed by atoms with Crippen molar-refractivity contribution in [3.05, 3.63) is 29.8 Å². The molecule has 104 valence electrons. The van der Waals surface area contributed by atoms with Crippen LogP contribution < -0.4 is 10.6 Å². The Hall–Kier alpha value is -1.02. The van der Waals surface area contributed by atoms with Gasteiger partial charge in [0.2, 0.25) is 0 Å². The van der Waals surface area contributed by atoms with E-state index in [2.05, 4.69) is 34.9 Å². The van der Waals surface area contributed by atoms with Crippen molar-refractivity contribution in [2.75, 3.05) is 18.4 Å². The van der Waals surface area contributed by atoms with E-state index in [4.69, 9.17) is 0 Å². The fraction of sp³-hybridized carbons (Fsp3) is 0.647. The van der Waals surface area contributed by atoms with Crippen LogP contribution in [0.25, 0.3) is 0 Å². The number of rotatable bonds is 3. The molecule has 0 saturated heterocycles. The zero-order chi connectivity index (χ0) is 12.9. The molecule has 2 N–H and O–H groups in total. The summed E-state index contributed by atoms with van der Waals surface area (Å²) in [6.07, 6.45) is 9.74. The molecule has 19 heavy (non-hydrogen) atoms. The first-order valence-electron chi connectivity index (χ1n) is 7.99. The molecule has 2 heteroatoms. The Bertz CT molecular complexity index is 394. The lowest BCUT2D eigenvalue weighted by molar-refractivity contribution is 0.431. The van der Waals surface area contributed by atoms with E-state index >= 15 is 0 Å². The molecule has 0 aromatic heterocycles. The molecule has 2 aliphatic rings. The van der Waals surface area contributed by atoms with Gasteiger partial charge >= 0.3 is 0 Å². The number of para-hydroxylation sites is 1. The highest BCUT2D eigenvalue weighted by Crippen LogP contribution is 2.31. The van der Waals surface area contributed by atoms with Crippen LogP contribution in [0.2, 0.25) is 0 Å². The average Bonchev–Trinajstić information content (AvgIpc) is 2.74. The van der Waals surface area contributed by atoms with Crippen LogP contribution in [0.1, 0.15) is 56.4 Å². The van der Waals surface area contributed by atoms with Crippen LogP contribution in [-0.2, 0) is 0 Å². The molecule has 1 saturated carbocycles. The molecule has 1 aromatic carbocycles. The molecule has 1 aliphatic heterocycles. The summed E-state index contributed by atoms with van der Waals surface area (Å²) < 4.78 is 0. The Labute approximate surface area is 117 Å². The van der Waals surface area contributed by atoms with E-state index in [0.29, 0.717) is 5.92 Å². The second-order valence-corrected chi connectivity index (χ2v) is 6.10. The molecule has 1 aromatic rings. The number of hydrogen-bond donors (Lipinski definition) is 2. The molecule has 0 spiro atoms. The van der Waals surface area contributed by atoms with Crippen molar-refractivity contribution in [2.45, 2.75) is 56.9 Å². The summed E-state index contributed by atoms with van der Waals surface area (Å²) in [4.78, 5) is 0. The summed E-state index contributed by atoms with van der Waals surface area (Å²) >= 11 is 0. The average molecular weight is 258 g/mol. The van der Waals surface area contributed by atoms with E-state index in [1.165, 1.54) is 56.2 Å². The third kappa shape index (κ3) is 3.30. The first-order chi connectivity index (χ1) is 9.43. The zero-order valence-corrected chi connectivity index (χ0v) is 11.8. The van der Waals surface area contributed by atoms with Crippen molar-refractivity contribution in [2.24, 2.45) is 0 Å². The number of nitrogens with one attached hydrogen (secondary N) is 2. The molecule has 2 nitrogen and oxygen atoms in total. The van der Waals surface area contributed by atoms with Gasteiger partial charge in [-0.25, -0.2) is 0 Å². The molecule has 0 radical (unpaired) electrons. The lowest BCUT2D eigenvalue weighted by Gasteiger charge is -2.28. The van der Waals surface area contributed by atoms with Crippen LogP contribution in [0.4, 0.5) is 5.69 Å². The van der Waals surface area contributed by atoms with Gasteiger partial charge < -0.3 is 10.6 Å². The quantitative estimate of drug-likeness (QED) is 0.804. The summed E-state index contributed by atoms with van der Waals surface area (Å²) in [6.45, 7) is 2.28. The predicted octanol–water partition coefficient (Wildman–Crippen LogP) is 3.90. The Balaban J connectivity index is 1.58. The Morgan fingerprint density at radius 1 is 1.00 bits per heavy atom. The summed E-state index contributed by atoms with van der Waals surface area (Å²) in [5, 5.41) is 7.36.